The molecule has 1 saturated heterocycles. The van der Waals surface area contributed by atoms with Crippen LogP contribution in [-0.4, -0.2) is 30.6 Å². The molecule has 0 N–H and O–H groups in total. The second-order valence-electron chi connectivity index (χ2n) is 6.66. The first-order valence-electron chi connectivity index (χ1n) is 8.30. The van der Waals surface area contributed by atoms with Gasteiger partial charge in [-0.2, -0.15) is 0 Å². The summed E-state index contributed by atoms with van der Waals surface area (Å²) in [5.74, 6) is -0.169. The predicted molar refractivity (Wildman–Crippen MR) is 96.6 cm³/mol. The molecule has 2 aromatic rings. The van der Waals surface area contributed by atoms with Gasteiger partial charge in [-0.3, -0.25) is 4.90 Å². The van der Waals surface area contributed by atoms with Gasteiger partial charge in [0.15, 0.2) is 0 Å². The maximum atomic E-state index is 12.0. The molecule has 2 heterocycles. The zero-order valence-electron chi connectivity index (χ0n) is 13.6. The zero-order valence-corrected chi connectivity index (χ0v) is 14.4. The molecule has 2 aliphatic rings. The summed E-state index contributed by atoms with van der Waals surface area (Å²) in [5.41, 5.74) is 3.32. The van der Waals surface area contributed by atoms with Gasteiger partial charge in [-0.25, -0.2) is 4.79 Å². The van der Waals surface area contributed by atoms with Crippen LogP contribution < -0.4 is 0 Å². The van der Waals surface area contributed by atoms with Gasteiger partial charge in [0, 0.05) is 12.0 Å². The molecule has 0 saturated carbocycles. The number of esters is 1. The first kappa shape index (κ1) is 17.0. The van der Waals surface area contributed by atoms with Gasteiger partial charge in [-0.15, -0.1) is 12.4 Å². The molecule has 0 bridgehead atoms. The average molecular weight is 344 g/mol. The van der Waals surface area contributed by atoms with E-state index in [1.807, 2.05) is 18.2 Å². The lowest BCUT2D eigenvalue weighted by atomic mass is 9.70. The van der Waals surface area contributed by atoms with E-state index in [1.54, 1.807) is 0 Å². The molecule has 24 heavy (non-hydrogen) atoms. The van der Waals surface area contributed by atoms with E-state index in [0.717, 1.165) is 38.0 Å². The van der Waals surface area contributed by atoms with Gasteiger partial charge in [0.05, 0.1) is 5.56 Å². The fourth-order valence-electron chi connectivity index (χ4n) is 3.88. The number of ether oxygens (including phenoxy) is 1. The highest BCUT2D eigenvalue weighted by Gasteiger charge is 2.42. The molecule has 1 spiro atoms. The molecule has 0 atom stereocenters. The standard InChI is InChI=1S/C20H21NO2.ClH/c22-19-17-8-4-5-9-18(17)20(15-23-19)10-12-21(13-11-20)14-16-6-2-1-3-7-16;/h1-9H,10-15H2;1H. The molecule has 4 rings (SSSR count). The highest BCUT2D eigenvalue weighted by Crippen LogP contribution is 2.40. The van der Waals surface area contributed by atoms with E-state index in [-0.39, 0.29) is 23.8 Å². The Balaban J connectivity index is 0.00000169. The Kier molecular flexibility index (Phi) is 4.93. The van der Waals surface area contributed by atoms with Crippen LogP contribution in [0.1, 0.15) is 34.3 Å². The number of nitrogens with zero attached hydrogens (tertiary/aromatic N) is 1. The molecule has 126 valence electrons. The largest absolute Gasteiger partial charge is 0.461 e. The van der Waals surface area contributed by atoms with Gasteiger partial charge in [0.1, 0.15) is 6.61 Å². The van der Waals surface area contributed by atoms with Crippen LogP contribution >= 0.6 is 12.4 Å². The fourth-order valence-corrected chi connectivity index (χ4v) is 3.88. The van der Waals surface area contributed by atoms with E-state index in [4.69, 9.17) is 4.74 Å². The topological polar surface area (TPSA) is 29.5 Å². The van der Waals surface area contributed by atoms with Crippen molar-refractivity contribution in [3.05, 3.63) is 71.3 Å². The van der Waals surface area contributed by atoms with Crippen LogP contribution in [-0.2, 0) is 16.7 Å². The zero-order chi connectivity index (χ0) is 15.7. The Morgan fingerprint density at radius 2 is 1.62 bits per heavy atom. The van der Waals surface area contributed by atoms with Crippen molar-refractivity contribution in [3.63, 3.8) is 0 Å². The van der Waals surface area contributed by atoms with E-state index in [1.165, 1.54) is 11.1 Å². The van der Waals surface area contributed by atoms with Gasteiger partial charge in [-0.1, -0.05) is 48.5 Å². The molecule has 1 fully saturated rings. The lowest BCUT2D eigenvalue weighted by Gasteiger charge is -2.44. The molecule has 4 heteroatoms. The summed E-state index contributed by atoms with van der Waals surface area (Å²) < 4.78 is 5.49. The summed E-state index contributed by atoms with van der Waals surface area (Å²) in [6.45, 7) is 3.61. The van der Waals surface area contributed by atoms with Crippen molar-refractivity contribution >= 4 is 18.4 Å². The van der Waals surface area contributed by atoms with Crippen LogP contribution in [0.2, 0.25) is 0 Å². The van der Waals surface area contributed by atoms with Crippen LogP contribution in [0, 0.1) is 0 Å². The minimum Gasteiger partial charge on any atom is -0.461 e. The number of benzene rings is 2. The van der Waals surface area contributed by atoms with Crippen molar-refractivity contribution in [2.75, 3.05) is 19.7 Å². The van der Waals surface area contributed by atoms with Crippen molar-refractivity contribution < 1.29 is 9.53 Å². The fraction of sp³-hybridized carbons (Fsp3) is 0.350. The van der Waals surface area contributed by atoms with Crippen LogP contribution in [0.25, 0.3) is 0 Å². The van der Waals surface area contributed by atoms with E-state index in [0.29, 0.717) is 6.61 Å². The number of likely N-dealkylation sites (tertiary alicyclic amines) is 1. The Hall–Kier alpha value is -1.84. The summed E-state index contributed by atoms with van der Waals surface area (Å²) in [7, 11) is 0. The van der Waals surface area contributed by atoms with E-state index < -0.39 is 0 Å². The number of piperidine rings is 1. The van der Waals surface area contributed by atoms with E-state index >= 15 is 0 Å². The van der Waals surface area contributed by atoms with Crippen molar-refractivity contribution in [1.29, 1.82) is 0 Å². The molecule has 0 aliphatic carbocycles. The molecule has 0 aromatic heterocycles. The maximum absolute atomic E-state index is 12.0. The van der Waals surface area contributed by atoms with Crippen molar-refractivity contribution in [3.8, 4) is 0 Å². The predicted octanol–water partition coefficient (Wildman–Crippen LogP) is 3.81. The lowest BCUT2D eigenvalue weighted by Crippen LogP contribution is -2.48. The van der Waals surface area contributed by atoms with E-state index in [9.17, 15) is 4.79 Å². The van der Waals surface area contributed by atoms with E-state index in [2.05, 4.69) is 41.3 Å². The number of hydrogen-bond acceptors (Lipinski definition) is 3. The third kappa shape index (κ3) is 3.06. The number of cyclic esters (lactones) is 1. The van der Waals surface area contributed by atoms with Crippen LogP contribution in [0.5, 0.6) is 0 Å². The molecular weight excluding hydrogens is 322 g/mol. The summed E-state index contributed by atoms with van der Waals surface area (Å²) in [6.07, 6.45) is 2.09. The Morgan fingerprint density at radius 3 is 2.38 bits per heavy atom. The molecule has 2 aromatic carbocycles. The minimum atomic E-state index is -0.169. The normalized spacial score (nSPS) is 19.2. The van der Waals surface area contributed by atoms with Gasteiger partial charge < -0.3 is 4.74 Å². The maximum Gasteiger partial charge on any atom is 0.338 e. The third-order valence-electron chi connectivity index (χ3n) is 5.26. The van der Waals surface area contributed by atoms with Crippen molar-refractivity contribution in [2.24, 2.45) is 0 Å². The van der Waals surface area contributed by atoms with Crippen molar-refractivity contribution in [2.45, 2.75) is 24.8 Å². The molecule has 0 unspecified atom stereocenters. The SMILES string of the molecule is Cl.O=C1OCC2(CCN(Cc3ccccc3)CC2)c2ccccc21. The Labute approximate surface area is 149 Å². The summed E-state index contributed by atoms with van der Waals surface area (Å²) in [6, 6.07) is 18.6. The second-order valence-corrected chi connectivity index (χ2v) is 6.66. The van der Waals surface area contributed by atoms with Crippen LogP contribution in [0.15, 0.2) is 54.6 Å². The first-order chi connectivity index (χ1) is 11.3. The first-order valence-corrected chi connectivity index (χ1v) is 8.30. The molecule has 0 radical (unpaired) electrons. The Morgan fingerprint density at radius 1 is 0.958 bits per heavy atom. The second kappa shape index (κ2) is 6.96. The smallest absolute Gasteiger partial charge is 0.338 e. The molecule has 2 aliphatic heterocycles. The summed E-state index contributed by atoms with van der Waals surface area (Å²) in [5, 5.41) is 0. The monoisotopic (exact) mass is 343 g/mol. The Bertz CT molecular complexity index is 709. The quantitative estimate of drug-likeness (QED) is 0.776. The highest BCUT2D eigenvalue weighted by molar-refractivity contribution is 5.92. The molecule has 0 amide bonds. The number of carbonyl (C=O) groups excluding carboxylic acids is 1. The lowest BCUT2D eigenvalue weighted by molar-refractivity contribution is 0.0207. The number of hydrogen-bond donors (Lipinski definition) is 0. The number of rotatable bonds is 2. The number of halogens is 1. The molecular formula is C20H22ClNO2. The van der Waals surface area contributed by atoms with Crippen LogP contribution in [0.3, 0.4) is 0 Å². The highest BCUT2D eigenvalue weighted by atomic mass is 35.5. The van der Waals surface area contributed by atoms with Gasteiger partial charge >= 0.3 is 5.97 Å². The number of carbonyl (C=O) groups is 1. The molecule has 3 nitrogen and oxygen atoms in total. The minimum absolute atomic E-state index is 0. The summed E-state index contributed by atoms with van der Waals surface area (Å²) >= 11 is 0. The van der Waals surface area contributed by atoms with Gasteiger partial charge in [0.2, 0.25) is 0 Å². The van der Waals surface area contributed by atoms with Gasteiger partial charge in [-0.05, 0) is 43.1 Å². The average Bonchev–Trinajstić information content (AvgIpc) is 2.62. The third-order valence-corrected chi connectivity index (χ3v) is 5.26. The number of fused-ring (bicyclic) bond motifs is 2. The summed E-state index contributed by atoms with van der Waals surface area (Å²) in [4.78, 5) is 14.5. The van der Waals surface area contributed by atoms with Gasteiger partial charge in [0.25, 0.3) is 0 Å². The van der Waals surface area contributed by atoms with Crippen LogP contribution in [0.4, 0.5) is 0 Å². The van der Waals surface area contributed by atoms with Crippen molar-refractivity contribution in [1.82, 2.24) is 4.90 Å².